The van der Waals surface area contributed by atoms with E-state index < -0.39 is 5.60 Å². The average molecular weight is 280 g/mol. The molecule has 0 aromatic rings. The number of hydrogen-bond acceptors (Lipinski definition) is 3. The van der Waals surface area contributed by atoms with Gasteiger partial charge in [0.05, 0.1) is 0 Å². The molecule has 0 aromatic heterocycles. The van der Waals surface area contributed by atoms with Gasteiger partial charge in [0, 0.05) is 24.2 Å². The minimum Gasteiger partial charge on any atom is -0.444 e. The molecule has 4 heteroatoms. The second-order valence-corrected chi connectivity index (χ2v) is 7.84. The van der Waals surface area contributed by atoms with Crippen molar-refractivity contribution in [2.45, 2.75) is 88.9 Å². The molecule has 114 valence electrons. The number of rotatable bonds is 2. The van der Waals surface area contributed by atoms with Gasteiger partial charge in [-0.2, -0.15) is 0 Å². The smallest absolute Gasteiger partial charge is 0.410 e. The first-order chi connectivity index (χ1) is 9.38. The van der Waals surface area contributed by atoms with Crippen molar-refractivity contribution in [1.82, 2.24) is 10.2 Å². The largest absolute Gasteiger partial charge is 0.444 e. The van der Waals surface area contributed by atoms with E-state index >= 15 is 0 Å². The zero-order valence-electron chi connectivity index (χ0n) is 13.1. The highest BCUT2D eigenvalue weighted by atomic mass is 16.6. The van der Waals surface area contributed by atoms with E-state index in [9.17, 15) is 4.79 Å². The molecule has 1 saturated heterocycles. The lowest BCUT2D eigenvalue weighted by atomic mass is 9.69. The Morgan fingerprint density at radius 3 is 2.40 bits per heavy atom. The monoisotopic (exact) mass is 280 g/mol. The zero-order chi connectivity index (χ0) is 14.4. The molecule has 0 aromatic carbocycles. The van der Waals surface area contributed by atoms with E-state index in [0.717, 1.165) is 38.3 Å². The van der Waals surface area contributed by atoms with Gasteiger partial charge in [-0.25, -0.2) is 4.79 Å². The Morgan fingerprint density at radius 2 is 1.90 bits per heavy atom. The molecular weight excluding hydrogens is 252 g/mol. The van der Waals surface area contributed by atoms with E-state index in [2.05, 4.69) is 5.32 Å². The van der Waals surface area contributed by atoms with E-state index in [4.69, 9.17) is 4.74 Å². The van der Waals surface area contributed by atoms with Crippen molar-refractivity contribution in [3.63, 3.8) is 0 Å². The molecule has 3 fully saturated rings. The number of piperidine rings is 1. The summed E-state index contributed by atoms with van der Waals surface area (Å²) in [6.07, 6.45) is 8.28. The third-order valence-electron chi connectivity index (χ3n) is 4.85. The van der Waals surface area contributed by atoms with Crippen LogP contribution in [0.25, 0.3) is 0 Å². The van der Waals surface area contributed by atoms with Crippen LogP contribution in [0.1, 0.15) is 65.7 Å². The third kappa shape index (κ3) is 2.95. The first-order valence-corrected chi connectivity index (χ1v) is 8.15. The molecule has 1 spiro atoms. The number of carbonyl (C=O) groups is 1. The predicted molar refractivity (Wildman–Crippen MR) is 78.7 cm³/mol. The molecule has 1 unspecified atom stereocenters. The summed E-state index contributed by atoms with van der Waals surface area (Å²) in [4.78, 5) is 14.5. The highest BCUT2D eigenvalue weighted by Crippen LogP contribution is 2.45. The lowest BCUT2D eigenvalue weighted by Crippen LogP contribution is -2.63. The van der Waals surface area contributed by atoms with E-state index in [1.165, 1.54) is 19.3 Å². The maximum absolute atomic E-state index is 12.4. The van der Waals surface area contributed by atoms with Gasteiger partial charge in [0.2, 0.25) is 0 Å². The molecule has 3 rings (SSSR count). The van der Waals surface area contributed by atoms with Crippen molar-refractivity contribution in [3.05, 3.63) is 0 Å². The number of hydrogen-bond donors (Lipinski definition) is 1. The van der Waals surface area contributed by atoms with Crippen LogP contribution in [0.5, 0.6) is 0 Å². The molecule has 1 amide bonds. The van der Waals surface area contributed by atoms with Gasteiger partial charge in [-0.3, -0.25) is 0 Å². The molecule has 1 atom stereocenters. The molecule has 2 aliphatic carbocycles. The molecule has 2 saturated carbocycles. The van der Waals surface area contributed by atoms with E-state index in [1.54, 1.807) is 0 Å². The number of ether oxygens (including phenoxy) is 1. The van der Waals surface area contributed by atoms with Gasteiger partial charge < -0.3 is 15.0 Å². The van der Waals surface area contributed by atoms with Crippen LogP contribution in [-0.4, -0.2) is 40.8 Å². The highest BCUT2D eigenvalue weighted by molar-refractivity contribution is 5.69. The van der Waals surface area contributed by atoms with E-state index in [1.807, 2.05) is 25.7 Å². The number of carbonyl (C=O) groups excluding carboxylic acids is 1. The van der Waals surface area contributed by atoms with Crippen molar-refractivity contribution >= 4 is 6.09 Å². The third-order valence-corrected chi connectivity index (χ3v) is 4.85. The van der Waals surface area contributed by atoms with E-state index in [0.29, 0.717) is 6.04 Å². The van der Waals surface area contributed by atoms with Gasteiger partial charge in [0.1, 0.15) is 5.60 Å². The van der Waals surface area contributed by atoms with Crippen LogP contribution in [0.2, 0.25) is 0 Å². The minimum atomic E-state index is -0.398. The van der Waals surface area contributed by atoms with Gasteiger partial charge in [-0.05, 0) is 65.7 Å². The number of amides is 1. The Hall–Kier alpha value is -0.770. The van der Waals surface area contributed by atoms with Crippen LogP contribution < -0.4 is 5.32 Å². The van der Waals surface area contributed by atoms with Gasteiger partial charge in [0.25, 0.3) is 0 Å². The summed E-state index contributed by atoms with van der Waals surface area (Å²) in [5.74, 6) is 0. The summed E-state index contributed by atoms with van der Waals surface area (Å²) >= 11 is 0. The fraction of sp³-hybridized carbons (Fsp3) is 0.938. The van der Waals surface area contributed by atoms with Gasteiger partial charge in [-0.1, -0.05) is 0 Å². The summed E-state index contributed by atoms with van der Waals surface area (Å²) in [6.45, 7) is 6.68. The fourth-order valence-corrected chi connectivity index (χ4v) is 3.58. The van der Waals surface area contributed by atoms with Crippen molar-refractivity contribution in [2.24, 2.45) is 0 Å². The number of nitrogens with zero attached hydrogens (tertiary/aromatic N) is 1. The summed E-state index contributed by atoms with van der Waals surface area (Å²) in [5.41, 5.74) is -0.307. The molecule has 0 radical (unpaired) electrons. The second kappa shape index (κ2) is 4.90. The maximum Gasteiger partial charge on any atom is 0.410 e. The van der Waals surface area contributed by atoms with Crippen LogP contribution in [-0.2, 0) is 4.74 Å². The van der Waals surface area contributed by atoms with Crippen molar-refractivity contribution < 1.29 is 9.53 Å². The Balaban J connectivity index is 1.64. The molecule has 1 heterocycles. The predicted octanol–water partition coefficient (Wildman–Crippen LogP) is 3.06. The summed E-state index contributed by atoms with van der Waals surface area (Å²) in [5, 5.41) is 3.75. The number of likely N-dealkylation sites (tertiary alicyclic amines) is 1. The van der Waals surface area contributed by atoms with Crippen molar-refractivity contribution in [3.8, 4) is 0 Å². The normalized spacial score (nSPS) is 29.1. The van der Waals surface area contributed by atoms with Gasteiger partial charge >= 0.3 is 6.09 Å². The minimum absolute atomic E-state index is 0.0904. The zero-order valence-corrected chi connectivity index (χ0v) is 13.1. The first kappa shape index (κ1) is 14.2. The summed E-state index contributed by atoms with van der Waals surface area (Å²) < 4.78 is 5.60. The molecule has 4 nitrogen and oxygen atoms in total. The topological polar surface area (TPSA) is 41.6 Å². The summed E-state index contributed by atoms with van der Waals surface area (Å²) in [7, 11) is 0. The Morgan fingerprint density at radius 1 is 1.20 bits per heavy atom. The summed E-state index contributed by atoms with van der Waals surface area (Å²) in [6, 6.07) is 1.35. The Labute approximate surface area is 122 Å². The molecule has 1 aliphatic heterocycles. The highest BCUT2D eigenvalue weighted by Gasteiger charge is 2.50. The molecule has 20 heavy (non-hydrogen) atoms. The second-order valence-electron chi connectivity index (χ2n) is 7.84. The Bertz CT molecular complexity index is 380. The van der Waals surface area contributed by atoms with E-state index in [-0.39, 0.29) is 11.6 Å². The van der Waals surface area contributed by atoms with Crippen LogP contribution in [0.3, 0.4) is 0 Å². The van der Waals surface area contributed by atoms with Crippen LogP contribution in [0, 0.1) is 0 Å². The molecule has 3 aliphatic rings. The first-order valence-electron chi connectivity index (χ1n) is 8.15. The fourth-order valence-electron chi connectivity index (χ4n) is 3.58. The quantitative estimate of drug-likeness (QED) is 0.845. The Kier molecular flexibility index (Phi) is 3.47. The van der Waals surface area contributed by atoms with Crippen LogP contribution >= 0.6 is 0 Å². The molecular formula is C16H28N2O2. The SMILES string of the molecule is CC(C)(C)OC(=O)N1CCC(NC2CC2)CC12CCC2. The molecule has 0 bridgehead atoms. The van der Waals surface area contributed by atoms with Crippen LogP contribution in [0.4, 0.5) is 4.79 Å². The molecule has 1 N–H and O–H groups in total. The van der Waals surface area contributed by atoms with Gasteiger partial charge in [-0.15, -0.1) is 0 Å². The van der Waals surface area contributed by atoms with Gasteiger partial charge in [0.15, 0.2) is 0 Å². The van der Waals surface area contributed by atoms with Crippen molar-refractivity contribution in [2.75, 3.05) is 6.54 Å². The number of nitrogens with one attached hydrogen (secondary N) is 1. The van der Waals surface area contributed by atoms with Crippen LogP contribution in [0.15, 0.2) is 0 Å². The standard InChI is InChI=1S/C16H28N2O2/c1-15(2,3)20-14(19)18-10-7-13(17-12-5-6-12)11-16(18)8-4-9-16/h12-13,17H,4-11H2,1-3H3. The van der Waals surface area contributed by atoms with Crippen molar-refractivity contribution in [1.29, 1.82) is 0 Å². The lowest BCUT2D eigenvalue weighted by Gasteiger charge is -2.55. The average Bonchev–Trinajstić information content (AvgIpc) is 3.08. The maximum atomic E-state index is 12.4. The lowest BCUT2D eigenvalue weighted by molar-refractivity contribution is -0.0494.